The molecule has 0 aliphatic rings. The summed E-state index contributed by atoms with van der Waals surface area (Å²) in [5.74, 6) is -0.373. The van der Waals surface area contributed by atoms with Crippen LogP contribution in [0.3, 0.4) is 0 Å². The van der Waals surface area contributed by atoms with Crippen LogP contribution < -0.4 is 5.32 Å². The van der Waals surface area contributed by atoms with Crippen LogP contribution in [0, 0.1) is 6.92 Å². The smallest absolute Gasteiger partial charge is 0.261 e. The first-order valence-corrected chi connectivity index (χ1v) is 9.40. The van der Waals surface area contributed by atoms with Crippen molar-refractivity contribution in [2.75, 3.05) is 13.2 Å². The molecule has 0 spiro atoms. The molecule has 0 fully saturated rings. The lowest BCUT2D eigenvalue weighted by atomic mass is 10.1. The van der Waals surface area contributed by atoms with Crippen LogP contribution in [0.25, 0.3) is 0 Å². The molecule has 1 aromatic rings. The summed E-state index contributed by atoms with van der Waals surface area (Å²) in [5.41, 5.74) is 0.571. The average molecular weight is 399 g/mol. The number of carbonyl (C=O) groups is 1. The summed E-state index contributed by atoms with van der Waals surface area (Å²) in [5, 5.41) is 2.76. The molecular weight excluding hydrogens is 382 g/mol. The van der Waals surface area contributed by atoms with E-state index in [1.54, 1.807) is 19.9 Å². The van der Waals surface area contributed by atoms with Gasteiger partial charge in [0, 0.05) is 33.4 Å². The molecule has 1 unspecified atom stereocenters. The van der Waals surface area contributed by atoms with E-state index in [0.717, 1.165) is 0 Å². The molecule has 1 amide bonds. The van der Waals surface area contributed by atoms with Crippen molar-refractivity contribution in [3.8, 4) is 0 Å². The van der Waals surface area contributed by atoms with Gasteiger partial charge in [0.05, 0.1) is 11.5 Å². The minimum atomic E-state index is -3.92. The second kappa shape index (κ2) is 7.58. The molecule has 5 nitrogen and oxygen atoms in total. The van der Waals surface area contributed by atoms with Crippen molar-refractivity contribution >= 4 is 41.6 Å². The topological polar surface area (TPSA) is 72.5 Å². The predicted octanol–water partition coefficient (Wildman–Crippen LogP) is 2.84. The highest BCUT2D eigenvalue weighted by molar-refractivity contribution is 9.10. The molecule has 0 aliphatic carbocycles. The van der Waals surface area contributed by atoms with Crippen molar-refractivity contribution in [1.29, 1.82) is 0 Å². The molecule has 0 aliphatic heterocycles. The lowest BCUT2D eigenvalue weighted by Crippen LogP contribution is -2.36. The van der Waals surface area contributed by atoms with Crippen molar-refractivity contribution in [3.63, 3.8) is 0 Å². The number of ether oxygens (including phenoxy) is 1. The van der Waals surface area contributed by atoms with E-state index < -0.39 is 9.05 Å². The van der Waals surface area contributed by atoms with Crippen molar-refractivity contribution < 1.29 is 17.9 Å². The number of amides is 1. The predicted molar refractivity (Wildman–Crippen MR) is 85.3 cm³/mol. The first-order chi connectivity index (χ1) is 9.66. The zero-order chi connectivity index (χ0) is 16.2. The summed E-state index contributed by atoms with van der Waals surface area (Å²) in [4.78, 5) is 12.2. The Bertz CT molecular complexity index is 633. The molecular formula is C13H17BrClNO4S. The molecule has 1 rings (SSSR count). The number of hydrogen-bond acceptors (Lipinski definition) is 4. The van der Waals surface area contributed by atoms with Gasteiger partial charge >= 0.3 is 0 Å². The van der Waals surface area contributed by atoms with Gasteiger partial charge in [0.15, 0.2) is 0 Å². The number of hydrogen-bond donors (Lipinski definition) is 1. The number of halogens is 2. The molecule has 0 saturated carbocycles. The molecule has 0 heterocycles. The lowest BCUT2D eigenvalue weighted by Gasteiger charge is -2.16. The third kappa shape index (κ3) is 5.25. The number of carbonyl (C=O) groups excluding carboxylic acids is 1. The highest BCUT2D eigenvalue weighted by atomic mass is 79.9. The molecule has 21 heavy (non-hydrogen) atoms. The summed E-state index contributed by atoms with van der Waals surface area (Å²) < 4.78 is 28.8. The van der Waals surface area contributed by atoms with Crippen molar-refractivity contribution in [1.82, 2.24) is 5.32 Å². The first-order valence-electron chi connectivity index (χ1n) is 6.30. The van der Waals surface area contributed by atoms with E-state index in [0.29, 0.717) is 23.2 Å². The van der Waals surface area contributed by atoms with Gasteiger partial charge in [-0.3, -0.25) is 4.79 Å². The molecule has 0 bridgehead atoms. The summed E-state index contributed by atoms with van der Waals surface area (Å²) in [6, 6.07) is 2.74. The van der Waals surface area contributed by atoms with E-state index >= 15 is 0 Å². The van der Waals surface area contributed by atoms with Crippen LogP contribution in [0.5, 0.6) is 0 Å². The van der Waals surface area contributed by atoms with Crippen LogP contribution in [-0.2, 0) is 13.8 Å². The fourth-order valence-corrected chi connectivity index (χ4v) is 3.61. The van der Waals surface area contributed by atoms with Crippen LogP contribution >= 0.6 is 26.6 Å². The molecule has 1 atom stereocenters. The Kier molecular flexibility index (Phi) is 6.65. The summed E-state index contributed by atoms with van der Waals surface area (Å²) in [6.45, 7) is 6.16. The van der Waals surface area contributed by atoms with E-state index in [-0.39, 0.29) is 22.4 Å². The Hall–Kier alpha value is -0.630. The van der Waals surface area contributed by atoms with E-state index in [9.17, 15) is 13.2 Å². The Labute approximate surface area is 137 Å². The van der Waals surface area contributed by atoms with Crippen LogP contribution in [0.1, 0.15) is 29.8 Å². The molecule has 0 aromatic heterocycles. The van der Waals surface area contributed by atoms with E-state index in [2.05, 4.69) is 21.2 Å². The number of rotatable bonds is 6. The second-order valence-corrected chi connectivity index (χ2v) is 8.00. The quantitative estimate of drug-likeness (QED) is 0.748. The van der Waals surface area contributed by atoms with Gasteiger partial charge in [0.1, 0.15) is 0 Å². The Morgan fingerprint density at radius 3 is 2.62 bits per heavy atom. The first kappa shape index (κ1) is 18.4. The zero-order valence-corrected chi connectivity index (χ0v) is 15.1. The molecule has 1 N–H and O–H groups in total. The van der Waals surface area contributed by atoms with Gasteiger partial charge in [-0.05, 0) is 38.5 Å². The van der Waals surface area contributed by atoms with Gasteiger partial charge in [0.25, 0.3) is 15.0 Å². The lowest BCUT2D eigenvalue weighted by molar-refractivity contribution is 0.0871. The van der Waals surface area contributed by atoms with Crippen molar-refractivity contribution in [2.24, 2.45) is 0 Å². The summed E-state index contributed by atoms with van der Waals surface area (Å²) >= 11 is 3.19. The normalized spacial score (nSPS) is 13.0. The molecule has 0 radical (unpaired) electrons. The van der Waals surface area contributed by atoms with Gasteiger partial charge in [-0.25, -0.2) is 8.42 Å². The molecule has 8 heteroatoms. The van der Waals surface area contributed by atoms with Gasteiger partial charge in [-0.2, -0.15) is 0 Å². The fourth-order valence-electron chi connectivity index (χ4n) is 1.78. The van der Waals surface area contributed by atoms with E-state index in [1.807, 2.05) is 6.92 Å². The molecule has 118 valence electrons. The Morgan fingerprint density at radius 1 is 1.48 bits per heavy atom. The minimum Gasteiger partial charge on any atom is -0.380 e. The minimum absolute atomic E-state index is 0.0823. The fraction of sp³-hybridized carbons (Fsp3) is 0.462. The number of benzene rings is 1. The highest BCUT2D eigenvalue weighted by Crippen LogP contribution is 2.27. The van der Waals surface area contributed by atoms with Crippen LogP contribution in [0.15, 0.2) is 21.5 Å². The van der Waals surface area contributed by atoms with Crippen LogP contribution in [-0.4, -0.2) is 33.6 Å². The van der Waals surface area contributed by atoms with E-state index in [1.165, 1.54) is 6.07 Å². The van der Waals surface area contributed by atoms with Gasteiger partial charge in [-0.1, -0.05) is 15.9 Å². The SMILES string of the molecule is CCOCC(C)NC(=O)c1cc(Br)cc(S(=O)(=O)Cl)c1C. The third-order valence-electron chi connectivity index (χ3n) is 2.78. The van der Waals surface area contributed by atoms with Crippen LogP contribution in [0.2, 0.25) is 0 Å². The molecule has 1 aromatic carbocycles. The Balaban J connectivity index is 3.08. The van der Waals surface area contributed by atoms with Gasteiger partial charge < -0.3 is 10.1 Å². The molecule has 0 saturated heterocycles. The van der Waals surface area contributed by atoms with Crippen molar-refractivity contribution in [3.05, 3.63) is 27.7 Å². The largest absolute Gasteiger partial charge is 0.380 e. The zero-order valence-electron chi connectivity index (χ0n) is 11.9. The third-order valence-corrected chi connectivity index (χ3v) is 4.69. The van der Waals surface area contributed by atoms with Crippen LogP contribution in [0.4, 0.5) is 0 Å². The Morgan fingerprint density at radius 2 is 2.10 bits per heavy atom. The summed E-state index contributed by atoms with van der Waals surface area (Å²) in [6.07, 6.45) is 0. The average Bonchev–Trinajstić information content (AvgIpc) is 2.37. The monoisotopic (exact) mass is 397 g/mol. The maximum absolute atomic E-state index is 12.2. The standard InChI is InChI=1S/C13H17BrClNO4S/c1-4-20-7-8(2)16-13(17)11-5-10(14)6-12(9(11)3)21(15,18)19/h5-6,8H,4,7H2,1-3H3,(H,16,17). The van der Waals surface area contributed by atoms with Gasteiger partial charge in [-0.15, -0.1) is 0 Å². The highest BCUT2D eigenvalue weighted by Gasteiger charge is 2.21. The summed E-state index contributed by atoms with van der Waals surface area (Å²) in [7, 11) is 1.47. The maximum Gasteiger partial charge on any atom is 0.261 e. The van der Waals surface area contributed by atoms with Crippen molar-refractivity contribution in [2.45, 2.75) is 31.7 Å². The maximum atomic E-state index is 12.2. The van der Waals surface area contributed by atoms with Gasteiger partial charge in [0.2, 0.25) is 0 Å². The second-order valence-electron chi connectivity index (χ2n) is 4.55. The number of nitrogens with one attached hydrogen (secondary N) is 1. The van der Waals surface area contributed by atoms with E-state index in [4.69, 9.17) is 15.4 Å².